The molecule has 0 bridgehead atoms. The molecule has 2 N–H and O–H groups in total. The number of fused-ring (bicyclic) bond motifs is 1. The van der Waals surface area contributed by atoms with Gasteiger partial charge in [-0.3, -0.25) is 0 Å². The molecule has 1 aromatic heterocycles. The van der Waals surface area contributed by atoms with Crippen LogP contribution in [0.3, 0.4) is 0 Å². The van der Waals surface area contributed by atoms with Crippen LogP contribution in [-0.2, 0) is 12.7 Å². The zero-order valence-corrected chi connectivity index (χ0v) is 11.4. The molecule has 0 saturated heterocycles. The molecule has 0 spiro atoms. The number of hydrogen-bond donors (Lipinski definition) is 2. The number of nitrogens with one attached hydrogen (secondary N) is 2. The Morgan fingerprint density at radius 3 is 2.62 bits per heavy atom. The van der Waals surface area contributed by atoms with Crippen LogP contribution in [-0.4, -0.2) is 29.4 Å². The van der Waals surface area contributed by atoms with Gasteiger partial charge in [0.05, 0.1) is 18.3 Å². The molecule has 1 unspecified atom stereocenters. The fourth-order valence-corrected chi connectivity index (χ4v) is 2.45. The van der Waals surface area contributed by atoms with E-state index in [1.54, 1.807) is 6.20 Å². The second-order valence-electron chi connectivity index (χ2n) is 5.03. The molecule has 2 aromatic rings. The highest BCUT2D eigenvalue weighted by molar-refractivity contribution is 5.75. The number of rotatable bonds is 2. The molecule has 3 rings (SSSR count). The van der Waals surface area contributed by atoms with Gasteiger partial charge >= 0.3 is 6.18 Å². The number of halogens is 3. The second kappa shape index (κ2) is 5.07. The Kier molecular flexibility index (Phi) is 3.36. The fraction of sp³-hybridized carbons (Fsp3) is 0.357. The molecule has 1 atom stereocenters. The van der Waals surface area contributed by atoms with Crippen LogP contribution in [0.5, 0.6) is 0 Å². The number of aromatic nitrogens is 2. The molecule has 0 saturated carbocycles. The maximum absolute atomic E-state index is 12.6. The van der Waals surface area contributed by atoms with Crippen LogP contribution >= 0.6 is 0 Å². The predicted octanol–water partition coefficient (Wildman–Crippen LogP) is 2.58. The Morgan fingerprint density at radius 2 is 2.00 bits per heavy atom. The van der Waals surface area contributed by atoms with Crippen LogP contribution in [0.1, 0.15) is 5.56 Å². The summed E-state index contributed by atoms with van der Waals surface area (Å²) in [4.78, 5) is 0. The average Bonchev–Trinajstić information content (AvgIpc) is 2.89. The molecular weight excluding hydrogens is 281 g/mol. The molecule has 7 heteroatoms. The van der Waals surface area contributed by atoms with E-state index in [0.717, 1.165) is 42.2 Å². The lowest BCUT2D eigenvalue weighted by Crippen LogP contribution is -2.41. The number of hydrogen-bond acceptors (Lipinski definition) is 3. The van der Waals surface area contributed by atoms with E-state index in [2.05, 4.69) is 15.7 Å². The van der Waals surface area contributed by atoms with Gasteiger partial charge in [0, 0.05) is 18.2 Å². The standard InChI is InChI=1S/C14H15F3N4/c1-18-11-6-19-13-12(7-20-21(13)8-11)9-2-4-10(5-3-9)14(15,16)17/h2-5,7,11,18-19H,6,8H2,1H3. The van der Waals surface area contributed by atoms with Crippen molar-refractivity contribution >= 4 is 5.82 Å². The van der Waals surface area contributed by atoms with Gasteiger partial charge < -0.3 is 10.6 Å². The Labute approximate surface area is 120 Å². The van der Waals surface area contributed by atoms with Crippen molar-refractivity contribution in [3.05, 3.63) is 36.0 Å². The van der Waals surface area contributed by atoms with Gasteiger partial charge in [-0.25, -0.2) is 4.68 Å². The van der Waals surface area contributed by atoms with Crippen LogP contribution < -0.4 is 10.6 Å². The summed E-state index contributed by atoms with van der Waals surface area (Å²) in [5.41, 5.74) is 0.897. The summed E-state index contributed by atoms with van der Waals surface area (Å²) in [6.45, 7) is 1.50. The molecule has 4 nitrogen and oxygen atoms in total. The van der Waals surface area contributed by atoms with E-state index in [9.17, 15) is 13.2 Å². The Balaban J connectivity index is 1.90. The van der Waals surface area contributed by atoms with Gasteiger partial charge in [0.1, 0.15) is 5.82 Å². The fourth-order valence-electron chi connectivity index (χ4n) is 2.45. The highest BCUT2D eigenvalue weighted by Crippen LogP contribution is 2.33. The van der Waals surface area contributed by atoms with Crippen LogP contribution in [0.2, 0.25) is 0 Å². The van der Waals surface area contributed by atoms with Crippen LogP contribution in [0.4, 0.5) is 19.0 Å². The maximum atomic E-state index is 12.6. The Morgan fingerprint density at radius 1 is 1.29 bits per heavy atom. The van der Waals surface area contributed by atoms with Gasteiger partial charge in [-0.05, 0) is 24.7 Å². The molecule has 21 heavy (non-hydrogen) atoms. The van der Waals surface area contributed by atoms with E-state index in [-0.39, 0.29) is 6.04 Å². The zero-order valence-electron chi connectivity index (χ0n) is 11.4. The molecule has 2 heterocycles. The number of anilines is 1. The van der Waals surface area contributed by atoms with Gasteiger partial charge in [-0.15, -0.1) is 0 Å². The third-order valence-corrected chi connectivity index (χ3v) is 3.68. The molecule has 0 amide bonds. The van der Waals surface area contributed by atoms with Gasteiger partial charge in [0.25, 0.3) is 0 Å². The van der Waals surface area contributed by atoms with E-state index >= 15 is 0 Å². The first-order valence-corrected chi connectivity index (χ1v) is 6.63. The summed E-state index contributed by atoms with van der Waals surface area (Å²) < 4.78 is 39.6. The smallest absolute Gasteiger partial charge is 0.368 e. The first-order chi connectivity index (χ1) is 9.99. The monoisotopic (exact) mass is 296 g/mol. The third kappa shape index (κ3) is 2.61. The first-order valence-electron chi connectivity index (χ1n) is 6.63. The summed E-state index contributed by atoms with van der Waals surface area (Å²) in [7, 11) is 1.89. The quantitative estimate of drug-likeness (QED) is 0.895. The highest BCUT2D eigenvalue weighted by atomic mass is 19.4. The highest BCUT2D eigenvalue weighted by Gasteiger charge is 2.30. The number of alkyl halides is 3. The van der Waals surface area contributed by atoms with Crippen LogP contribution in [0.15, 0.2) is 30.5 Å². The average molecular weight is 296 g/mol. The normalized spacial score (nSPS) is 18.2. The van der Waals surface area contributed by atoms with Crippen LogP contribution in [0, 0.1) is 0 Å². The molecule has 1 aliphatic heterocycles. The van der Waals surface area contributed by atoms with E-state index in [0.29, 0.717) is 0 Å². The van der Waals surface area contributed by atoms with Crippen molar-refractivity contribution in [1.82, 2.24) is 15.1 Å². The summed E-state index contributed by atoms with van der Waals surface area (Å²) in [6.07, 6.45) is -2.63. The van der Waals surface area contributed by atoms with Gasteiger partial charge in [-0.1, -0.05) is 12.1 Å². The Bertz CT molecular complexity index is 631. The van der Waals surface area contributed by atoms with E-state index in [4.69, 9.17) is 0 Å². The van der Waals surface area contributed by atoms with Gasteiger partial charge in [0.2, 0.25) is 0 Å². The molecular formula is C14H15F3N4. The third-order valence-electron chi connectivity index (χ3n) is 3.68. The number of nitrogens with zero attached hydrogens (tertiary/aromatic N) is 2. The number of benzene rings is 1. The van der Waals surface area contributed by atoms with Crippen molar-refractivity contribution in [3.8, 4) is 11.1 Å². The topological polar surface area (TPSA) is 41.9 Å². The minimum absolute atomic E-state index is 0.290. The van der Waals surface area contributed by atoms with Gasteiger partial charge in [0.15, 0.2) is 0 Å². The largest absolute Gasteiger partial charge is 0.416 e. The molecule has 0 fully saturated rings. The van der Waals surface area contributed by atoms with Crippen molar-refractivity contribution < 1.29 is 13.2 Å². The van der Waals surface area contributed by atoms with E-state index in [1.165, 1.54) is 12.1 Å². The summed E-state index contributed by atoms with van der Waals surface area (Å²) in [6, 6.07) is 5.44. The maximum Gasteiger partial charge on any atom is 0.416 e. The SMILES string of the molecule is CNC1CNc2c(-c3ccc(C(F)(F)F)cc3)cnn2C1. The first kappa shape index (κ1) is 13.9. The van der Waals surface area contributed by atoms with E-state index < -0.39 is 11.7 Å². The lowest BCUT2D eigenvalue weighted by molar-refractivity contribution is -0.137. The molecule has 112 valence electrons. The summed E-state index contributed by atoms with van der Waals surface area (Å²) in [5, 5.41) is 10.7. The predicted molar refractivity (Wildman–Crippen MR) is 74.0 cm³/mol. The van der Waals surface area contributed by atoms with E-state index in [1.807, 2.05) is 11.7 Å². The summed E-state index contributed by atoms with van der Waals surface area (Å²) >= 11 is 0. The molecule has 1 aliphatic rings. The minimum atomic E-state index is -4.31. The zero-order chi connectivity index (χ0) is 15.0. The lowest BCUT2D eigenvalue weighted by Gasteiger charge is -2.25. The second-order valence-corrected chi connectivity index (χ2v) is 5.03. The molecule has 0 aliphatic carbocycles. The van der Waals surface area contributed by atoms with Crippen LogP contribution in [0.25, 0.3) is 11.1 Å². The molecule has 1 aromatic carbocycles. The van der Waals surface area contributed by atoms with Crippen molar-refractivity contribution in [1.29, 1.82) is 0 Å². The lowest BCUT2D eigenvalue weighted by atomic mass is 10.1. The van der Waals surface area contributed by atoms with Gasteiger partial charge in [-0.2, -0.15) is 18.3 Å². The number of likely N-dealkylation sites (N-methyl/N-ethyl adjacent to an activating group) is 1. The van der Waals surface area contributed by atoms with Crippen molar-refractivity contribution in [2.75, 3.05) is 18.9 Å². The van der Waals surface area contributed by atoms with Crippen molar-refractivity contribution in [2.45, 2.75) is 18.8 Å². The minimum Gasteiger partial charge on any atom is -0.368 e. The summed E-state index contributed by atoms with van der Waals surface area (Å²) in [5.74, 6) is 0.848. The van der Waals surface area contributed by atoms with Crippen molar-refractivity contribution in [3.63, 3.8) is 0 Å². The Hall–Kier alpha value is -2.02. The molecule has 0 radical (unpaired) electrons. The van der Waals surface area contributed by atoms with Crippen molar-refractivity contribution in [2.24, 2.45) is 0 Å².